The first-order chi connectivity index (χ1) is 13.4. The van der Waals surface area contributed by atoms with Gasteiger partial charge in [-0.25, -0.2) is 9.50 Å². The van der Waals surface area contributed by atoms with Crippen LogP contribution in [-0.2, 0) is 6.54 Å². The average Bonchev–Trinajstić information content (AvgIpc) is 3.36. The SMILES string of the molecule is c1ccc(-c2cnn3cc(CN4CCC[C@H]4c4ccccn4)cnc23)cc1. The van der Waals surface area contributed by atoms with Crippen molar-refractivity contribution in [3.05, 3.63) is 84.6 Å². The van der Waals surface area contributed by atoms with Crippen molar-refractivity contribution < 1.29 is 0 Å². The van der Waals surface area contributed by atoms with Gasteiger partial charge in [0.15, 0.2) is 5.65 Å². The molecule has 4 aromatic rings. The molecule has 3 aromatic heterocycles. The first kappa shape index (κ1) is 16.1. The molecule has 1 aliphatic rings. The number of fused-ring (bicyclic) bond motifs is 1. The minimum absolute atomic E-state index is 0.388. The van der Waals surface area contributed by atoms with Crippen LogP contribution in [0.25, 0.3) is 16.8 Å². The second kappa shape index (κ2) is 6.93. The third-order valence-electron chi connectivity index (χ3n) is 5.27. The fraction of sp³-hybridized carbons (Fsp3) is 0.227. The third kappa shape index (κ3) is 3.11. The maximum absolute atomic E-state index is 4.72. The van der Waals surface area contributed by atoms with E-state index in [-0.39, 0.29) is 0 Å². The van der Waals surface area contributed by atoms with Crippen molar-refractivity contribution in [1.29, 1.82) is 0 Å². The zero-order chi connectivity index (χ0) is 18.1. The van der Waals surface area contributed by atoms with Crippen LogP contribution < -0.4 is 0 Å². The van der Waals surface area contributed by atoms with E-state index in [2.05, 4.69) is 45.4 Å². The minimum Gasteiger partial charge on any atom is -0.290 e. The molecule has 5 nitrogen and oxygen atoms in total. The Bertz CT molecular complexity index is 1040. The highest BCUT2D eigenvalue weighted by atomic mass is 15.2. The van der Waals surface area contributed by atoms with Gasteiger partial charge in [0.05, 0.1) is 17.9 Å². The zero-order valence-electron chi connectivity index (χ0n) is 15.1. The van der Waals surface area contributed by atoms with Crippen molar-refractivity contribution in [1.82, 2.24) is 24.5 Å². The minimum atomic E-state index is 0.388. The molecule has 27 heavy (non-hydrogen) atoms. The smallest absolute Gasteiger partial charge is 0.162 e. The first-order valence-corrected chi connectivity index (χ1v) is 9.41. The molecular formula is C22H21N5. The summed E-state index contributed by atoms with van der Waals surface area (Å²) < 4.78 is 1.89. The first-order valence-electron chi connectivity index (χ1n) is 9.41. The molecule has 0 amide bonds. The molecule has 5 rings (SSSR count). The molecule has 0 N–H and O–H groups in total. The Hall–Kier alpha value is -3.05. The van der Waals surface area contributed by atoms with Gasteiger partial charge in [0, 0.05) is 36.3 Å². The van der Waals surface area contributed by atoms with Crippen molar-refractivity contribution in [2.75, 3.05) is 6.54 Å². The van der Waals surface area contributed by atoms with Crippen LogP contribution in [0.5, 0.6) is 0 Å². The number of aromatic nitrogens is 4. The van der Waals surface area contributed by atoms with Gasteiger partial charge in [0.2, 0.25) is 0 Å². The molecule has 1 atom stereocenters. The number of hydrogen-bond donors (Lipinski definition) is 0. The summed E-state index contributed by atoms with van der Waals surface area (Å²) in [7, 11) is 0. The number of likely N-dealkylation sites (tertiary alicyclic amines) is 1. The van der Waals surface area contributed by atoms with Crippen LogP contribution in [0.2, 0.25) is 0 Å². The van der Waals surface area contributed by atoms with Crippen LogP contribution in [0.15, 0.2) is 73.3 Å². The molecule has 0 saturated carbocycles. The average molecular weight is 355 g/mol. The fourth-order valence-corrected chi connectivity index (χ4v) is 3.97. The topological polar surface area (TPSA) is 46.3 Å². The van der Waals surface area contributed by atoms with Gasteiger partial charge in [-0.3, -0.25) is 9.88 Å². The summed E-state index contributed by atoms with van der Waals surface area (Å²) >= 11 is 0. The molecular weight excluding hydrogens is 334 g/mol. The zero-order valence-corrected chi connectivity index (χ0v) is 15.1. The lowest BCUT2D eigenvalue weighted by molar-refractivity contribution is 0.244. The van der Waals surface area contributed by atoms with Gasteiger partial charge < -0.3 is 0 Å². The van der Waals surface area contributed by atoms with Crippen LogP contribution in [-0.4, -0.2) is 31.0 Å². The number of benzene rings is 1. The van der Waals surface area contributed by atoms with Crippen LogP contribution in [0.1, 0.15) is 30.1 Å². The van der Waals surface area contributed by atoms with Gasteiger partial charge in [-0.05, 0) is 37.1 Å². The highest BCUT2D eigenvalue weighted by molar-refractivity contribution is 5.76. The molecule has 134 valence electrons. The van der Waals surface area contributed by atoms with Crippen molar-refractivity contribution in [3.8, 4) is 11.1 Å². The van der Waals surface area contributed by atoms with Crippen molar-refractivity contribution in [2.45, 2.75) is 25.4 Å². The van der Waals surface area contributed by atoms with Gasteiger partial charge in [0.1, 0.15) is 0 Å². The third-order valence-corrected chi connectivity index (χ3v) is 5.27. The summed E-state index contributed by atoms with van der Waals surface area (Å²) in [6, 6.07) is 16.8. The van der Waals surface area contributed by atoms with E-state index in [9.17, 15) is 0 Å². The van der Waals surface area contributed by atoms with Gasteiger partial charge in [0.25, 0.3) is 0 Å². The van der Waals surface area contributed by atoms with Gasteiger partial charge in [-0.1, -0.05) is 36.4 Å². The van der Waals surface area contributed by atoms with E-state index in [4.69, 9.17) is 4.98 Å². The monoisotopic (exact) mass is 355 g/mol. The highest BCUT2D eigenvalue weighted by Crippen LogP contribution is 2.32. The van der Waals surface area contributed by atoms with E-state index in [0.717, 1.165) is 42.0 Å². The van der Waals surface area contributed by atoms with Gasteiger partial charge >= 0.3 is 0 Å². The standard InChI is InChI=1S/C22H21N5/c1-2-7-18(8-3-1)19-14-25-27-16-17(13-24-22(19)27)15-26-12-6-10-21(26)20-9-4-5-11-23-20/h1-5,7-9,11,13-14,16,21H,6,10,12,15H2/t21-/m0/s1. The quantitative estimate of drug-likeness (QED) is 0.552. The van der Waals surface area contributed by atoms with Crippen LogP contribution >= 0.6 is 0 Å². The molecule has 1 fully saturated rings. The van der Waals surface area contributed by atoms with Crippen molar-refractivity contribution in [2.24, 2.45) is 0 Å². The maximum atomic E-state index is 4.72. The van der Waals surface area contributed by atoms with E-state index < -0.39 is 0 Å². The maximum Gasteiger partial charge on any atom is 0.162 e. The van der Waals surface area contributed by atoms with Gasteiger partial charge in [-0.2, -0.15) is 5.10 Å². The van der Waals surface area contributed by atoms with Gasteiger partial charge in [-0.15, -0.1) is 0 Å². The summed E-state index contributed by atoms with van der Waals surface area (Å²) in [5, 5.41) is 4.53. The summed E-state index contributed by atoms with van der Waals surface area (Å²) in [5.41, 5.74) is 5.44. The molecule has 0 radical (unpaired) electrons. The summed E-state index contributed by atoms with van der Waals surface area (Å²) in [6.07, 6.45) is 10.2. The predicted octanol–water partition coefficient (Wildman–Crippen LogP) is 4.13. The lowest BCUT2D eigenvalue weighted by atomic mass is 10.1. The Morgan fingerprint density at radius 3 is 2.70 bits per heavy atom. The molecule has 5 heteroatoms. The van der Waals surface area contributed by atoms with Crippen molar-refractivity contribution in [3.63, 3.8) is 0 Å². The van der Waals surface area contributed by atoms with Crippen LogP contribution in [0, 0.1) is 0 Å². The van der Waals surface area contributed by atoms with E-state index >= 15 is 0 Å². The predicted molar refractivity (Wildman–Crippen MR) is 105 cm³/mol. The Kier molecular flexibility index (Phi) is 4.14. The van der Waals surface area contributed by atoms with E-state index in [1.807, 2.05) is 47.4 Å². The molecule has 1 saturated heterocycles. The molecule has 0 unspecified atom stereocenters. The normalized spacial score (nSPS) is 17.6. The number of hydrogen-bond acceptors (Lipinski definition) is 4. The van der Waals surface area contributed by atoms with E-state index in [0.29, 0.717) is 6.04 Å². The molecule has 0 bridgehead atoms. The Morgan fingerprint density at radius 1 is 0.963 bits per heavy atom. The Balaban J connectivity index is 1.41. The van der Waals surface area contributed by atoms with E-state index in [1.165, 1.54) is 12.0 Å². The molecule has 1 aliphatic heterocycles. The Labute approximate surface area is 158 Å². The molecule has 0 spiro atoms. The second-order valence-electron chi connectivity index (χ2n) is 7.04. The molecule has 1 aromatic carbocycles. The number of rotatable bonds is 4. The summed E-state index contributed by atoms with van der Waals surface area (Å²) in [4.78, 5) is 11.8. The van der Waals surface area contributed by atoms with Crippen LogP contribution in [0.3, 0.4) is 0 Å². The Morgan fingerprint density at radius 2 is 1.85 bits per heavy atom. The van der Waals surface area contributed by atoms with Crippen LogP contribution in [0.4, 0.5) is 0 Å². The fourth-order valence-electron chi connectivity index (χ4n) is 3.97. The lowest BCUT2D eigenvalue weighted by Crippen LogP contribution is -2.23. The summed E-state index contributed by atoms with van der Waals surface area (Å²) in [6.45, 7) is 1.96. The molecule has 4 heterocycles. The molecule has 0 aliphatic carbocycles. The number of nitrogens with zero attached hydrogens (tertiary/aromatic N) is 5. The highest BCUT2D eigenvalue weighted by Gasteiger charge is 2.27. The summed E-state index contributed by atoms with van der Waals surface area (Å²) in [5.74, 6) is 0. The largest absolute Gasteiger partial charge is 0.290 e. The lowest BCUT2D eigenvalue weighted by Gasteiger charge is -2.23. The second-order valence-corrected chi connectivity index (χ2v) is 7.04. The van der Waals surface area contributed by atoms with E-state index in [1.54, 1.807) is 0 Å². The van der Waals surface area contributed by atoms with Crippen molar-refractivity contribution >= 4 is 5.65 Å². The number of pyridine rings is 1.